The minimum absolute atomic E-state index is 0.0582. The van der Waals surface area contributed by atoms with Crippen molar-refractivity contribution in [1.29, 1.82) is 15.3 Å². The Bertz CT molecular complexity index is 3400. The van der Waals surface area contributed by atoms with Crippen LogP contribution in [0.4, 0.5) is 38.0 Å². The molecule has 2 atom stereocenters. The van der Waals surface area contributed by atoms with Gasteiger partial charge in [0, 0.05) is 85.0 Å². The van der Waals surface area contributed by atoms with Crippen LogP contribution in [0.5, 0.6) is 0 Å². The molecule has 2 aromatic carbocycles. The number of nitriles is 2. The highest BCUT2D eigenvalue weighted by Crippen LogP contribution is 2.35. The maximum absolute atomic E-state index is 14.7. The average molecular weight is 1090 g/mol. The monoisotopic (exact) mass is 1090 g/mol. The van der Waals surface area contributed by atoms with Gasteiger partial charge in [0.15, 0.2) is 0 Å². The van der Waals surface area contributed by atoms with Gasteiger partial charge in [-0.25, -0.2) is 54.7 Å². The Kier molecular flexibility index (Phi) is 17.3. The third kappa shape index (κ3) is 12.0. The van der Waals surface area contributed by atoms with Crippen molar-refractivity contribution in [3.63, 3.8) is 0 Å². The number of pyridine rings is 2. The van der Waals surface area contributed by atoms with Crippen LogP contribution < -0.4 is 21.8 Å². The maximum atomic E-state index is 14.7. The second kappa shape index (κ2) is 22.8. The van der Waals surface area contributed by atoms with Crippen molar-refractivity contribution in [2.75, 3.05) is 33.6 Å². The fourth-order valence-corrected chi connectivity index (χ4v) is 12.1. The molecule has 0 aliphatic carbocycles. The van der Waals surface area contributed by atoms with Crippen LogP contribution >= 0.6 is 15.9 Å². The van der Waals surface area contributed by atoms with E-state index in [2.05, 4.69) is 50.9 Å². The SMILES string of the molecule is C[C@@H](Nc1ncnc2c1cc(C1CCS(=N)(=O)CC1)c(=O)n2C)c1cccc(C(F)F)c1F.C[C@@H](Nc1ncnc2c1cc(C1CCS(=O)(=NC#N)CC1)c(=O)n2C)c1cccc(C(F)F)c1F.N#CBr. The van der Waals surface area contributed by atoms with Gasteiger partial charge in [0.2, 0.25) is 6.19 Å². The van der Waals surface area contributed by atoms with E-state index in [-0.39, 0.29) is 57.1 Å². The van der Waals surface area contributed by atoms with Crippen molar-refractivity contribution < 1.29 is 34.8 Å². The van der Waals surface area contributed by atoms with Gasteiger partial charge in [-0.3, -0.25) is 23.5 Å². The number of halogens is 7. The van der Waals surface area contributed by atoms with Crippen LogP contribution in [0.25, 0.3) is 22.1 Å². The first-order valence-electron chi connectivity index (χ1n) is 21.8. The number of nitrogens with one attached hydrogen (secondary N) is 3. The molecule has 2 fully saturated rings. The third-order valence-electron chi connectivity index (χ3n) is 12.5. The van der Waals surface area contributed by atoms with Gasteiger partial charge in [0.1, 0.15) is 52.2 Å². The largest absolute Gasteiger partial charge is 0.363 e. The lowest BCUT2D eigenvalue weighted by atomic mass is 9.94. The summed E-state index contributed by atoms with van der Waals surface area (Å²) in [6, 6.07) is 9.69. The quantitative estimate of drug-likeness (QED) is 0.0858. The van der Waals surface area contributed by atoms with Crippen molar-refractivity contribution >= 4 is 69.1 Å². The molecule has 6 heterocycles. The summed E-state index contributed by atoms with van der Waals surface area (Å²) in [6.45, 7) is 3.26. The lowest BCUT2D eigenvalue weighted by Gasteiger charge is -2.24. The molecule has 376 valence electrons. The standard InChI is InChI=1S/C23H23F3N6O2S.C22H24F3N5O2S.CBrN/c1-13(15-4-3-5-16(19(15)24)20(25)26)31-21-18-10-17(23(33)32(2)22(18)29-12-28-21)14-6-8-35(34,9-7-14)30-11-27;1-12(14-4-3-5-15(18(14)23)19(24)25)29-20-17-10-16(13-6-8-33(26,32)9-7-13)22(31)30(2)21(17)28-11-27-20;2-1-3/h3-5,10,12-14,20H,6-9H2,1-2H3,(H,28,29,31);3-5,10-13,19,26H,6-9H2,1-2H3,(H,27,28,29);/t13-,14?,35?;12-,13?,33?;/m11./s1. The van der Waals surface area contributed by atoms with E-state index in [1.807, 2.05) is 0 Å². The number of fused-ring (bicyclic) bond motifs is 2. The molecule has 8 rings (SSSR count). The molecule has 4 aromatic heterocycles. The summed E-state index contributed by atoms with van der Waals surface area (Å²) in [5.41, 5.74) is 0.0588. The fourth-order valence-electron chi connectivity index (χ4n) is 8.71. The van der Waals surface area contributed by atoms with Gasteiger partial charge in [-0.15, -0.1) is 4.36 Å². The van der Waals surface area contributed by atoms with Crippen LogP contribution in [0.3, 0.4) is 0 Å². The molecule has 2 aliphatic heterocycles. The number of aryl methyl sites for hydroxylation is 2. The minimum Gasteiger partial charge on any atom is -0.363 e. The highest BCUT2D eigenvalue weighted by Gasteiger charge is 2.29. The van der Waals surface area contributed by atoms with E-state index in [4.69, 9.17) is 15.3 Å². The molecule has 71 heavy (non-hydrogen) atoms. The van der Waals surface area contributed by atoms with Gasteiger partial charge in [-0.1, -0.05) is 36.4 Å². The van der Waals surface area contributed by atoms with Crippen molar-refractivity contribution in [3.05, 3.63) is 127 Å². The molecular formula is C46H47BrF6N12O4S2. The van der Waals surface area contributed by atoms with Gasteiger partial charge >= 0.3 is 0 Å². The zero-order chi connectivity index (χ0) is 51.9. The molecule has 0 unspecified atom stereocenters. The zero-order valence-electron chi connectivity index (χ0n) is 38.5. The number of benzene rings is 2. The Morgan fingerprint density at radius 3 is 1.44 bits per heavy atom. The van der Waals surface area contributed by atoms with Crippen molar-refractivity contribution in [3.8, 4) is 11.2 Å². The number of aromatic nitrogens is 6. The summed E-state index contributed by atoms with van der Waals surface area (Å²) in [7, 11) is -2.00. The average Bonchev–Trinajstić information content (AvgIpc) is 3.32. The molecule has 16 nitrogen and oxygen atoms in total. The second-order valence-corrected chi connectivity index (χ2v) is 22.2. The summed E-state index contributed by atoms with van der Waals surface area (Å²) in [4.78, 5) is 44.6. The van der Waals surface area contributed by atoms with E-state index < -0.39 is 67.2 Å². The molecule has 0 spiro atoms. The van der Waals surface area contributed by atoms with Crippen molar-refractivity contribution in [2.24, 2.45) is 18.5 Å². The number of anilines is 2. The molecule has 0 saturated carbocycles. The van der Waals surface area contributed by atoms with Crippen LogP contribution in [0.2, 0.25) is 0 Å². The van der Waals surface area contributed by atoms with Crippen LogP contribution in [0, 0.1) is 38.1 Å². The highest BCUT2D eigenvalue weighted by molar-refractivity contribution is 9.12. The zero-order valence-corrected chi connectivity index (χ0v) is 41.7. The summed E-state index contributed by atoms with van der Waals surface area (Å²) >= 11 is 2.45. The first-order chi connectivity index (χ1) is 33.6. The number of nitrogens with zero attached hydrogens (tertiary/aromatic N) is 9. The van der Waals surface area contributed by atoms with Gasteiger partial charge in [0.05, 0.1) is 43.7 Å². The van der Waals surface area contributed by atoms with Crippen LogP contribution in [0.15, 0.2) is 75.1 Å². The van der Waals surface area contributed by atoms with Gasteiger partial charge < -0.3 is 10.6 Å². The van der Waals surface area contributed by atoms with Crippen molar-refractivity contribution in [2.45, 2.75) is 76.3 Å². The second-order valence-electron chi connectivity index (χ2n) is 16.9. The van der Waals surface area contributed by atoms with Gasteiger partial charge in [-0.2, -0.15) is 10.5 Å². The van der Waals surface area contributed by atoms with E-state index in [1.165, 1.54) is 46.1 Å². The van der Waals surface area contributed by atoms with Crippen LogP contribution in [-0.4, -0.2) is 60.5 Å². The predicted octanol–water partition coefficient (Wildman–Crippen LogP) is 9.77. The lowest BCUT2D eigenvalue weighted by Crippen LogP contribution is -2.29. The molecule has 0 radical (unpaired) electrons. The van der Waals surface area contributed by atoms with Crippen LogP contribution in [-0.2, 0) is 33.6 Å². The van der Waals surface area contributed by atoms with E-state index in [0.717, 1.165) is 12.1 Å². The Hall–Kier alpha value is -6.44. The molecule has 0 amide bonds. The normalized spacial score (nSPS) is 20.7. The first kappa shape index (κ1) is 53.9. The molecule has 2 saturated heterocycles. The summed E-state index contributed by atoms with van der Waals surface area (Å²) in [5, 5.41) is 23.2. The maximum Gasteiger partial charge on any atom is 0.266 e. The first-order valence-corrected chi connectivity index (χ1v) is 26.4. The van der Waals surface area contributed by atoms with Gasteiger partial charge in [0.25, 0.3) is 24.0 Å². The smallest absolute Gasteiger partial charge is 0.266 e. The summed E-state index contributed by atoms with van der Waals surface area (Å²) in [5.74, 6) is -0.697. The van der Waals surface area contributed by atoms with Crippen LogP contribution in [0.1, 0.15) is 110 Å². The number of alkyl halides is 4. The molecule has 6 aromatic rings. The number of rotatable bonds is 10. The summed E-state index contributed by atoms with van der Waals surface area (Å²) in [6.07, 6.45) is 0.110. The Morgan fingerprint density at radius 2 is 1.07 bits per heavy atom. The Balaban J connectivity index is 0.000000221. The number of hydrogen-bond donors (Lipinski definition) is 3. The fraction of sp³-hybridized carbons (Fsp3) is 0.391. The molecule has 3 N–H and O–H groups in total. The van der Waals surface area contributed by atoms with Crippen molar-refractivity contribution in [1.82, 2.24) is 29.1 Å². The molecule has 25 heteroatoms. The molecule has 2 aliphatic rings. The Labute approximate surface area is 412 Å². The van der Waals surface area contributed by atoms with E-state index in [9.17, 15) is 44.3 Å². The topological polar surface area (TPSA) is 238 Å². The number of hydrogen-bond acceptors (Lipinski definition) is 14. The lowest BCUT2D eigenvalue weighted by molar-refractivity contribution is 0.145. The highest BCUT2D eigenvalue weighted by atomic mass is 79.9. The van der Waals surface area contributed by atoms with E-state index >= 15 is 0 Å². The Morgan fingerprint density at radius 1 is 0.704 bits per heavy atom. The molecule has 0 bridgehead atoms. The minimum atomic E-state index is -2.94. The molecular weight excluding hydrogens is 1040 g/mol. The van der Waals surface area contributed by atoms with Gasteiger partial charge in [-0.05, 0) is 63.5 Å². The van der Waals surface area contributed by atoms with E-state index in [0.29, 0.717) is 70.5 Å². The predicted molar refractivity (Wildman–Crippen MR) is 261 cm³/mol. The van der Waals surface area contributed by atoms with E-state index in [1.54, 1.807) is 51.2 Å². The third-order valence-corrected chi connectivity index (χ3v) is 16.5. The summed E-state index contributed by atoms with van der Waals surface area (Å²) < 4.78 is 121.